The van der Waals surface area contributed by atoms with E-state index in [0.29, 0.717) is 5.75 Å². The van der Waals surface area contributed by atoms with Gasteiger partial charge in [0.25, 0.3) is 0 Å². The molecule has 0 aliphatic rings. The summed E-state index contributed by atoms with van der Waals surface area (Å²) in [6, 6.07) is 21.2. The van der Waals surface area contributed by atoms with E-state index in [-0.39, 0.29) is 11.7 Å². The van der Waals surface area contributed by atoms with Gasteiger partial charge < -0.3 is 9.47 Å². The van der Waals surface area contributed by atoms with Crippen LogP contribution in [-0.2, 0) is 4.79 Å². The number of benzene rings is 3. The van der Waals surface area contributed by atoms with Crippen LogP contribution in [0.2, 0.25) is 0 Å². The first-order valence-corrected chi connectivity index (χ1v) is 8.19. The Hall–Kier alpha value is -2.46. The third kappa shape index (κ3) is 4.05. The van der Waals surface area contributed by atoms with Crippen molar-refractivity contribution >= 4 is 28.5 Å². The lowest BCUT2D eigenvalue weighted by Gasteiger charge is -2.06. The molecule has 0 saturated heterocycles. The average molecular weight is 324 g/mol. The molecule has 116 valence electrons. The van der Waals surface area contributed by atoms with Gasteiger partial charge in [-0.05, 0) is 47.2 Å². The number of fused-ring (bicyclic) bond motifs is 1. The highest BCUT2D eigenvalue weighted by atomic mass is 32.2. The van der Waals surface area contributed by atoms with Gasteiger partial charge in [0, 0.05) is 4.90 Å². The SMILES string of the molecule is COc1ccc(SCC(=O)Oc2ccc3ccccc3c2)cc1. The fraction of sp³-hybridized carbons (Fsp3) is 0.105. The molecule has 23 heavy (non-hydrogen) atoms. The predicted octanol–water partition coefficient (Wildman–Crippen LogP) is 4.55. The number of hydrogen-bond acceptors (Lipinski definition) is 4. The van der Waals surface area contributed by atoms with Crippen molar-refractivity contribution in [1.82, 2.24) is 0 Å². The number of ether oxygens (including phenoxy) is 2. The number of esters is 1. The molecule has 0 aliphatic carbocycles. The first-order valence-electron chi connectivity index (χ1n) is 7.21. The van der Waals surface area contributed by atoms with Crippen LogP contribution < -0.4 is 9.47 Å². The molecular weight excluding hydrogens is 308 g/mol. The lowest BCUT2D eigenvalue weighted by Crippen LogP contribution is -2.10. The van der Waals surface area contributed by atoms with E-state index in [9.17, 15) is 4.79 Å². The first kappa shape index (κ1) is 15.4. The standard InChI is InChI=1S/C19H16O3S/c1-21-16-8-10-18(11-9-16)23-13-19(20)22-17-7-6-14-4-2-3-5-15(14)12-17/h2-12H,13H2,1H3. The van der Waals surface area contributed by atoms with Crippen LogP contribution in [0.15, 0.2) is 71.6 Å². The Bertz CT molecular complexity index is 812. The molecule has 0 bridgehead atoms. The number of methoxy groups -OCH3 is 1. The van der Waals surface area contributed by atoms with Crippen LogP contribution in [0.5, 0.6) is 11.5 Å². The summed E-state index contributed by atoms with van der Waals surface area (Å²) in [7, 11) is 1.63. The lowest BCUT2D eigenvalue weighted by atomic mass is 10.1. The Morgan fingerprint density at radius 1 is 0.913 bits per heavy atom. The zero-order valence-corrected chi connectivity index (χ0v) is 13.5. The molecule has 3 rings (SSSR count). The molecule has 0 saturated carbocycles. The molecule has 0 fully saturated rings. The molecule has 0 atom stereocenters. The van der Waals surface area contributed by atoms with Crippen LogP contribution in [0.1, 0.15) is 0 Å². The molecule has 0 unspecified atom stereocenters. The van der Waals surface area contributed by atoms with Gasteiger partial charge >= 0.3 is 5.97 Å². The van der Waals surface area contributed by atoms with Crippen LogP contribution in [0.25, 0.3) is 10.8 Å². The molecule has 3 aromatic carbocycles. The van der Waals surface area contributed by atoms with E-state index in [2.05, 4.69) is 0 Å². The summed E-state index contributed by atoms with van der Waals surface area (Å²) in [6.07, 6.45) is 0. The van der Waals surface area contributed by atoms with Crippen molar-refractivity contribution in [1.29, 1.82) is 0 Å². The second kappa shape index (κ2) is 7.20. The smallest absolute Gasteiger partial charge is 0.321 e. The third-order valence-corrected chi connectivity index (χ3v) is 4.35. The number of rotatable bonds is 5. The van der Waals surface area contributed by atoms with Crippen molar-refractivity contribution in [3.05, 3.63) is 66.7 Å². The van der Waals surface area contributed by atoms with Gasteiger partial charge in [-0.1, -0.05) is 30.3 Å². The van der Waals surface area contributed by atoms with E-state index < -0.39 is 0 Å². The summed E-state index contributed by atoms with van der Waals surface area (Å²) in [5, 5.41) is 2.18. The fourth-order valence-corrected chi connectivity index (χ4v) is 2.88. The van der Waals surface area contributed by atoms with E-state index in [4.69, 9.17) is 9.47 Å². The molecule has 3 aromatic rings. The van der Waals surface area contributed by atoms with E-state index in [1.807, 2.05) is 66.7 Å². The third-order valence-electron chi connectivity index (χ3n) is 3.37. The van der Waals surface area contributed by atoms with Gasteiger partial charge in [-0.3, -0.25) is 4.79 Å². The minimum Gasteiger partial charge on any atom is -0.497 e. The molecule has 0 amide bonds. The topological polar surface area (TPSA) is 35.5 Å². The second-order valence-corrected chi connectivity index (χ2v) is 6.00. The van der Waals surface area contributed by atoms with E-state index >= 15 is 0 Å². The van der Waals surface area contributed by atoms with Crippen molar-refractivity contribution in [2.45, 2.75) is 4.90 Å². The average Bonchev–Trinajstić information content (AvgIpc) is 2.60. The van der Waals surface area contributed by atoms with Gasteiger partial charge in [-0.25, -0.2) is 0 Å². The van der Waals surface area contributed by atoms with Crippen LogP contribution in [0, 0.1) is 0 Å². The van der Waals surface area contributed by atoms with Crippen molar-refractivity contribution in [2.75, 3.05) is 12.9 Å². The van der Waals surface area contributed by atoms with Crippen molar-refractivity contribution < 1.29 is 14.3 Å². The van der Waals surface area contributed by atoms with E-state index in [1.165, 1.54) is 11.8 Å². The Kier molecular flexibility index (Phi) is 4.83. The van der Waals surface area contributed by atoms with E-state index in [1.54, 1.807) is 7.11 Å². The van der Waals surface area contributed by atoms with Gasteiger partial charge in [0.05, 0.1) is 12.9 Å². The largest absolute Gasteiger partial charge is 0.497 e. The maximum atomic E-state index is 12.0. The summed E-state index contributed by atoms with van der Waals surface area (Å²) < 4.78 is 10.5. The minimum absolute atomic E-state index is 0.263. The Labute approximate surface area is 139 Å². The molecule has 0 aliphatic heterocycles. The quantitative estimate of drug-likeness (QED) is 0.392. The zero-order valence-electron chi connectivity index (χ0n) is 12.7. The Morgan fingerprint density at radius 2 is 1.61 bits per heavy atom. The number of hydrogen-bond donors (Lipinski definition) is 0. The molecular formula is C19H16O3S. The van der Waals surface area contributed by atoms with Gasteiger partial charge in [0.1, 0.15) is 11.5 Å². The van der Waals surface area contributed by atoms with Gasteiger partial charge in [0.15, 0.2) is 0 Å². The minimum atomic E-state index is -0.263. The molecule has 0 spiro atoms. The maximum Gasteiger partial charge on any atom is 0.321 e. The van der Waals surface area contributed by atoms with Crippen LogP contribution in [-0.4, -0.2) is 18.8 Å². The van der Waals surface area contributed by atoms with Crippen molar-refractivity contribution in [3.63, 3.8) is 0 Å². The first-order chi connectivity index (χ1) is 11.2. The van der Waals surface area contributed by atoms with Gasteiger partial charge in [0.2, 0.25) is 0 Å². The zero-order chi connectivity index (χ0) is 16.1. The summed E-state index contributed by atoms with van der Waals surface area (Å²) in [6.45, 7) is 0. The molecule has 0 heterocycles. The summed E-state index contributed by atoms with van der Waals surface area (Å²) in [5.41, 5.74) is 0. The lowest BCUT2D eigenvalue weighted by molar-refractivity contribution is -0.131. The Balaban J connectivity index is 1.59. The number of carbonyl (C=O) groups excluding carboxylic acids is 1. The fourth-order valence-electron chi connectivity index (χ4n) is 2.21. The maximum absolute atomic E-state index is 12.0. The highest BCUT2D eigenvalue weighted by Gasteiger charge is 2.07. The van der Waals surface area contributed by atoms with Crippen molar-refractivity contribution in [3.8, 4) is 11.5 Å². The summed E-state index contributed by atoms with van der Waals surface area (Å²) in [5.74, 6) is 1.37. The summed E-state index contributed by atoms with van der Waals surface area (Å²) >= 11 is 1.44. The van der Waals surface area contributed by atoms with Crippen LogP contribution in [0.4, 0.5) is 0 Å². The van der Waals surface area contributed by atoms with E-state index in [0.717, 1.165) is 21.4 Å². The van der Waals surface area contributed by atoms with Gasteiger partial charge in [-0.15, -0.1) is 11.8 Å². The van der Waals surface area contributed by atoms with Crippen LogP contribution in [0.3, 0.4) is 0 Å². The molecule has 3 nitrogen and oxygen atoms in total. The predicted molar refractivity (Wildman–Crippen MR) is 93.3 cm³/mol. The molecule has 4 heteroatoms. The number of thioether (sulfide) groups is 1. The monoisotopic (exact) mass is 324 g/mol. The number of carbonyl (C=O) groups is 1. The normalized spacial score (nSPS) is 10.5. The highest BCUT2D eigenvalue weighted by molar-refractivity contribution is 8.00. The molecule has 0 N–H and O–H groups in total. The van der Waals surface area contributed by atoms with Crippen LogP contribution >= 0.6 is 11.8 Å². The molecule has 0 radical (unpaired) electrons. The second-order valence-electron chi connectivity index (χ2n) is 4.95. The highest BCUT2D eigenvalue weighted by Crippen LogP contribution is 2.23. The summed E-state index contributed by atoms with van der Waals surface area (Å²) in [4.78, 5) is 13.0. The van der Waals surface area contributed by atoms with Crippen molar-refractivity contribution in [2.24, 2.45) is 0 Å². The molecule has 0 aromatic heterocycles. The Morgan fingerprint density at radius 3 is 2.35 bits per heavy atom. The van der Waals surface area contributed by atoms with Gasteiger partial charge in [-0.2, -0.15) is 0 Å².